The van der Waals surface area contributed by atoms with Gasteiger partial charge in [0.05, 0.1) is 49.7 Å². The maximum absolute atomic E-state index is 12.6. The van der Waals surface area contributed by atoms with Gasteiger partial charge in [0.1, 0.15) is 6.10 Å². The third kappa shape index (κ3) is 4.82. The van der Waals surface area contributed by atoms with Crippen LogP contribution >= 0.6 is 0 Å². The summed E-state index contributed by atoms with van der Waals surface area (Å²) in [6, 6.07) is 0. The van der Waals surface area contributed by atoms with Gasteiger partial charge in [-0.05, 0) is 117 Å². The number of morpholine rings is 1. The summed E-state index contributed by atoms with van der Waals surface area (Å²) in [6.45, 7) is 19.8. The summed E-state index contributed by atoms with van der Waals surface area (Å²) in [4.78, 5) is 13.3. The summed E-state index contributed by atoms with van der Waals surface area (Å²) in [5, 5.41) is 32.9. The van der Waals surface area contributed by atoms with Crippen LogP contribution in [0, 0.1) is 50.7 Å². The Morgan fingerprint density at radius 1 is 1.06 bits per heavy atom. The topological polar surface area (TPSA) is 118 Å². The molecule has 0 unspecified atom stereocenters. The van der Waals surface area contributed by atoms with Crippen molar-refractivity contribution in [3.63, 3.8) is 0 Å². The van der Waals surface area contributed by atoms with E-state index in [9.17, 15) is 20.1 Å². The lowest BCUT2D eigenvalue weighted by atomic mass is 9.41. The normalized spacial score (nSPS) is 51.1. The van der Waals surface area contributed by atoms with Crippen LogP contribution in [0.5, 0.6) is 0 Å². The summed E-state index contributed by atoms with van der Waals surface area (Å²) in [7, 11) is 0. The van der Waals surface area contributed by atoms with E-state index in [1.54, 1.807) is 0 Å². The third-order valence-corrected chi connectivity index (χ3v) is 15.9. The minimum Gasteiger partial charge on any atom is -0.480 e. The lowest BCUT2D eigenvalue weighted by Crippen LogP contribution is -2.60. The van der Waals surface area contributed by atoms with Gasteiger partial charge in [-0.25, -0.2) is 0 Å². The van der Waals surface area contributed by atoms with E-state index in [4.69, 9.17) is 18.9 Å². The molecule has 2 heterocycles. The largest absolute Gasteiger partial charge is 0.480 e. The standard InChI is InChI=1S/C38H63NO8/c1-9-44-32(34(5,6)43)23-18-22(2)29-30(46-23)31(42)36(8)25-11-10-24-33(3,4)26(47-28-20-39(16-17-45-28)19-27(40)41)12-13-37(24)21-38(25,37)15-14-35(29,36)7/h22-26,28-32,42-43H,9-21H2,1-8H3,(H,40,41)/t22-,23-,24+,25+,26+,28+,29+,30+,31+,32+,35-,36-,37-,38+/m1/s1. The molecule has 7 aliphatic rings. The number of rotatable bonds is 8. The van der Waals surface area contributed by atoms with Gasteiger partial charge in [0.15, 0.2) is 6.29 Å². The second-order valence-electron chi connectivity index (χ2n) is 18.6. The molecule has 2 aliphatic heterocycles. The molecule has 0 amide bonds. The number of hydrogen-bond acceptors (Lipinski definition) is 8. The van der Waals surface area contributed by atoms with Gasteiger partial charge >= 0.3 is 5.97 Å². The fraction of sp³-hybridized carbons (Fsp3) is 0.974. The Hall–Kier alpha value is -0.810. The molecule has 9 heteroatoms. The van der Waals surface area contributed by atoms with E-state index in [2.05, 4.69) is 34.6 Å². The molecular formula is C38H63NO8. The SMILES string of the molecule is CCO[C@@H]([C@H]1C[C@@H](C)[C@H]2[C@H](O1)[C@H](O)[C@@]1(C)[C@@H]3CC[C@H]4C(C)(C)[C@@H](O[C@H]5CN(CC(=O)O)CCO5)CC[C@@]45C[C@@]35CC[C@]21C)C(C)(C)O. The van der Waals surface area contributed by atoms with Crippen molar-refractivity contribution in [2.24, 2.45) is 50.7 Å². The van der Waals surface area contributed by atoms with Crippen LogP contribution in [0.1, 0.15) is 107 Å². The first-order valence-electron chi connectivity index (χ1n) is 18.8. The Balaban J connectivity index is 1.12. The molecule has 7 rings (SSSR count). The quantitative estimate of drug-likeness (QED) is 0.327. The Bertz CT molecular complexity index is 1220. The molecular weight excluding hydrogens is 598 g/mol. The highest BCUT2D eigenvalue weighted by molar-refractivity contribution is 5.69. The van der Waals surface area contributed by atoms with Crippen LogP contribution in [-0.2, 0) is 23.7 Å². The van der Waals surface area contributed by atoms with Gasteiger partial charge < -0.3 is 34.3 Å². The van der Waals surface area contributed by atoms with Crippen LogP contribution in [0.3, 0.4) is 0 Å². The third-order valence-electron chi connectivity index (χ3n) is 15.9. The highest BCUT2D eigenvalue weighted by Crippen LogP contribution is 2.89. The van der Waals surface area contributed by atoms with Crippen LogP contribution in [0.2, 0.25) is 0 Å². The lowest BCUT2D eigenvalue weighted by molar-refractivity contribution is -0.248. The van der Waals surface area contributed by atoms with E-state index in [0.29, 0.717) is 44.1 Å². The summed E-state index contributed by atoms with van der Waals surface area (Å²) in [5.41, 5.74) is -0.767. The molecule has 7 fully saturated rings. The number of aliphatic hydroxyl groups excluding tert-OH is 1. The molecule has 0 radical (unpaired) electrons. The minimum atomic E-state index is -1.03. The first-order chi connectivity index (χ1) is 22.0. The monoisotopic (exact) mass is 661 g/mol. The van der Waals surface area contributed by atoms with Gasteiger partial charge in [0, 0.05) is 18.6 Å². The molecule has 9 nitrogen and oxygen atoms in total. The maximum atomic E-state index is 12.6. The molecule has 3 N–H and O–H groups in total. The van der Waals surface area contributed by atoms with Gasteiger partial charge in [0.2, 0.25) is 0 Å². The molecule has 0 bridgehead atoms. The first-order valence-corrected chi connectivity index (χ1v) is 18.8. The molecule has 0 aromatic rings. The van der Waals surface area contributed by atoms with Crippen LogP contribution in [0.4, 0.5) is 0 Å². The molecule has 0 aromatic carbocycles. The average Bonchev–Trinajstić information content (AvgIpc) is 3.61. The molecule has 2 saturated heterocycles. The molecule has 14 atom stereocenters. The smallest absolute Gasteiger partial charge is 0.317 e. The van der Waals surface area contributed by atoms with E-state index in [0.717, 1.165) is 38.5 Å². The number of hydrogen-bond donors (Lipinski definition) is 3. The Morgan fingerprint density at radius 3 is 2.45 bits per heavy atom. The van der Waals surface area contributed by atoms with Crippen molar-refractivity contribution in [2.75, 3.05) is 32.8 Å². The Labute approximate surface area is 282 Å². The van der Waals surface area contributed by atoms with Crippen LogP contribution < -0.4 is 0 Å². The van der Waals surface area contributed by atoms with Crippen LogP contribution in [-0.4, -0.2) is 101 Å². The Morgan fingerprint density at radius 2 is 1.77 bits per heavy atom. The van der Waals surface area contributed by atoms with Crippen molar-refractivity contribution >= 4 is 5.97 Å². The molecule has 0 aromatic heterocycles. The van der Waals surface area contributed by atoms with Crippen molar-refractivity contribution < 1.29 is 39.1 Å². The molecule has 2 spiro atoms. The van der Waals surface area contributed by atoms with E-state index >= 15 is 0 Å². The second kappa shape index (κ2) is 11.3. The number of carboxylic acid groups (broad SMARTS) is 1. The summed E-state index contributed by atoms with van der Waals surface area (Å²) >= 11 is 0. The number of carboxylic acids is 1. The number of aliphatic carboxylic acids is 1. The minimum absolute atomic E-state index is 0.0141. The zero-order chi connectivity index (χ0) is 33.9. The van der Waals surface area contributed by atoms with Gasteiger partial charge in [-0.15, -0.1) is 0 Å². The number of fused-ring (bicyclic) bond motifs is 4. The zero-order valence-corrected chi connectivity index (χ0v) is 30.3. The van der Waals surface area contributed by atoms with Crippen molar-refractivity contribution in [2.45, 2.75) is 149 Å². The van der Waals surface area contributed by atoms with Crippen molar-refractivity contribution in [1.82, 2.24) is 4.90 Å². The number of ether oxygens (including phenoxy) is 4. The van der Waals surface area contributed by atoms with E-state index in [1.165, 1.54) is 12.8 Å². The molecule has 5 saturated carbocycles. The molecule has 5 aliphatic carbocycles. The van der Waals surface area contributed by atoms with Crippen molar-refractivity contribution in [3.05, 3.63) is 0 Å². The van der Waals surface area contributed by atoms with E-state index in [1.807, 2.05) is 25.7 Å². The zero-order valence-electron chi connectivity index (χ0n) is 30.3. The maximum Gasteiger partial charge on any atom is 0.317 e. The van der Waals surface area contributed by atoms with Crippen LogP contribution in [0.15, 0.2) is 0 Å². The first kappa shape index (κ1) is 34.6. The van der Waals surface area contributed by atoms with E-state index in [-0.39, 0.29) is 64.1 Å². The Kier molecular flexibility index (Phi) is 8.36. The molecule has 268 valence electrons. The highest BCUT2D eigenvalue weighted by atomic mass is 16.7. The highest BCUT2D eigenvalue weighted by Gasteiger charge is 2.84. The number of nitrogens with zero attached hydrogens (tertiary/aromatic N) is 1. The number of carbonyl (C=O) groups is 1. The van der Waals surface area contributed by atoms with E-state index < -0.39 is 23.8 Å². The van der Waals surface area contributed by atoms with Gasteiger partial charge in [-0.2, -0.15) is 0 Å². The predicted octanol–water partition coefficient (Wildman–Crippen LogP) is 5.10. The van der Waals surface area contributed by atoms with Gasteiger partial charge in [-0.1, -0.05) is 34.6 Å². The van der Waals surface area contributed by atoms with Gasteiger partial charge in [0.25, 0.3) is 0 Å². The number of aliphatic hydroxyl groups is 2. The predicted molar refractivity (Wildman–Crippen MR) is 176 cm³/mol. The van der Waals surface area contributed by atoms with Gasteiger partial charge in [-0.3, -0.25) is 9.69 Å². The fourth-order valence-electron chi connectivity index (χ4n) is 14.0. The van der Waals surface area contributed by atoms with Crippen molar-refractivity contribution in [1.29, 1.82) is 0 Å². The van der Waals surface area contributed by atoms with Crippen molar-refractivity contribution in [3.8, 4) is 0 Å². The summed E-state index contributed by atoms with van der Waals surface area (Å²) in [6.07, 6.45) is 7.09. The summed E-state index contributed by atoms with van der Waals surface area (Å²) < 4.78 is 25.8. The second-order valence-corrected chi connectivity index (χ2v) is 18.6. The molecule has 47 heavy (non-hydrogen) atoms. The fourth-order valence-corrected chi connectivity index (χ4v) is 14.0. The lowest BCUT2D eigenvalue weighted by Gasteiger charge is -2.64. The average molecular weight is 662 g/mol. The summed E-state index contributed by atoms with van der Waals surface area (Å²) in [5.74, 6) is 0.843. The van der Waals surface area contributed by atoms with Crippen LogP contribution in [0.25, 0.3) is 0 Å².